The van der Waals surface area contributed by atoms with Gasteiger partial charge in [0.1, 0.15) is 5.82 Å². The van der Waals surface area contributed by atoms with E-state index < -0.39 is 9.84 Å². The molecular formula is C22H25N3O3S. The summed E-state index contributed by atoms with van der Waals surface area (Å²) in [5.41, 5.74) is 4.65. The van der Waals surface area contributed by atoms with Crippen molar-refractivity contribution >= 4 is 32.2 Å². The van der Waals surface area contributed by atoms with Gasteiger partial charge in [-0.3, -0.25) is 0 Å². The number of aryl methyl sites for hydroxylation is 1. The second-order valence-corrected chi connectivity index (χ2v) is 9.53. The molecule has 0 fully saturated rings. The summed E-state index contributed by atoms with van der Waals surface area (Å²) in [6.07, 6.45) is 0. The zero-order valence-corrected chi connectivity index (χ0v) is 17.5. The average molecular weight is 412 g/mol. The van der Waals surface area contributed by atoms with Crippen molar-refractivity contribution < 1.29 is 13.5 Å². The molecule has 4 rings (SSSR count). The summed E-state index contributed by atoms with van der Waals surface area (Å²) in [6, 6.07) is 13.3. The summed E-state index contributed by atoms with van der Waals surface area (Å²) < 4.78 is 25.5. The number of nitrogens with one attached hydrogen (secondary N) is 1. The number of aliphatic hydroxyl groups excluding tert-OH is 1. The van der Waals surface area contributed by atoms with Crippen molar-refractivity contribution in [3.8, 4) is 0 Å². The highest BCUT2D eigenvalue weighted by atomic mass is 32.2. The number of aromatic nitrogens is 1. The Balaban J connectivity index is 1.86. The number of fused-ring (bicyclic) bond motifs is 2. The van der Waals surface area contributed by atoms with E-state index in [1.165, 1.54) is 0 Å². The summed E-state index contributed by atoms with van der Waals surface area (Å²) in [6.45, 7) is 5.36. The van der Waals surface area contributed by atoms with Crippen LogP contribution in [0, 0.1) is 13.8 Å². The van der Waals surface area contributed by atoms with Gasteiger partial charge >= 0.3 is 0 Å². The van der Waals surface area contributed by atoms with Crippen LogP contribution in [0.15, 0.2) is 47.4 Å². The number of aliphatic hydroxyl groups is 1. The topological polar surface area (TPSA) is 82.5 Å². The van der Waals surface area contributed by atoms with Crippen LogP contribution in [0.4, 0.5) is 11.5 Å². The Morgan fingerprint density at radius 1 is 1.17 bits per heavy atom. The molecule has 7 heteroatoms. The van der Waals surface area contributed by atoms with Gasteiger partial charge in [0.15, 0.2) is 9.84 Å². The highest BCUT2D eigenvalue weighted by Crippen LogP contribution is 2.35. The van der Waals surface area contributed by atoms with Crippen LogP contribution in [0.1, 0.15) is 16.7 Å². The number of hydrogen-bond donors (Lipinski definition) is 2. The number of pyridine rings is 1. The second kappa shape index (κ2) is 7.65. The molecule has 0 amide bonds. The Bertz CT molecular complexity index is 1180. The third-order valence-corrected chi connectivity index (χ3v) is 7.16. The zero-order chi connectivity index (χ0) is 20.6. The molecule has 1 aliphatic rings. The molecule has 2 N–H and O–H groups in total. The molecule has 0 saturated carbocycles. The predicted molar refractivity (Wildman–Crippen MR) is 116 cm³/mol. The van der Waals surface area contributed by atoms with Crippen molar-refractivity contribution in [2.45, 2.75) is 25.3 Å². The molecule has 0 unspecified atom stereocenters. The maximum atomic E-state index is 12.7. The number of rotatable bonds is 4. The molecule has 6 nitrogen and oxygen atoms in total. The summed E-state index contributed by atoms with van der Waals surface area (Å²) in [4.78, 5) is 7.36. The van der Waals surface area contributed by atoms with E-state index in [1.54, 1.807) is 12.1 Å². The number of nitrogens with zero attached hydrogens (tertiary/aromatic N) is 2. The Morgan fingerprint density at radius 2 is 1.97 bits per heavy atom. The molecule has 1 aliphatic heterocycles. The highest BCUT2D eigenvalue weighted by molar-refractivity contribution is 7.91. The van der Waals surface area contributed by atoms with Crippen molar-refractivity contribution in [2.24, 2.45) is 0 Å². The molecule has 0 bridgehead atoms. The van der Waals surface area contributed by atoms with Crippen LogP contribution < -0.4 is 10.2 Å². The second-order valence-electron chi connectivity index (χ2n) is 7.45. The molecule has 3 aromatic rings. The van der Waals surface area contributed by atoms with E-state index in [4.69, 9.17) is 4.98 Å². The molecule has 152 valence electrons. The fraction of sp³-hybridized carbons (Fsp3) is 0.318. The largest absolute Gasteiger partial charge is 0.395 e. The third kappa shape index (κ3) is 3.68. The SMILES string of the molecule is Cc1ccc2nc(N3CCS(=O)(=O)c4ccccc4C3)c(C)c(NCCO)c2c1. The average Bonchev–Trinajstić information content (AvgIpc) is 2.83. The van der Waals surface area contributed by atoms with Crippen molar-refractivity contribution in [1.82, 2.24) is 4.98 Å². The van der Waals surface area contributed by atoms with Crippen LogP contribution in [-0.2, 0) is 16.4 Å². The maximum absolute atomic E-state index is 12.7. The van der Waals surface area contributed by atoms with E-state index in [1.807, 2.05) is 43.0 Å². The summed E-state index contributed by atoms with van der Waals surface area (Å²) >= 11 is 0. The molecule has 0 saturated heterocycles. The minimum Gasteiger partial charge on any atom is -0.395 e. The summed E-state index contributed by atoms with van der Waals surface area (Å²) in [7, 11) is -3.32. The highest BCUT2D eigenvalue weighted by Gasteiger charge is 2.27. The van der Waals surface area contributed by atoms with Gasteiger partial charge in [-0.1, -0.05) is 29.8 Å². The first-order chi connectivity index (χ1) is 13.9. The van der Waals surface area contributed by atoms with Crippen molar-refractivity contribution in [3.05, 3.63) is 59.2 Å². The van der Waals surface area contributed by atoms with Gasteiger partial charge in [-0.25, -0.2) is 13.4 Å². The van der Waals surface area contributed by atoms with Crippen LogP contribution >= 0.6 is 0 Å². The number of anilines is 2. The standard InChI is InChI=1S/C22H25N3O3S/c1-15-7-8-19-18(13-15)21(23-9-11-26)16(2)22(24-19)25-10-12-29(27,28)20-6-4-3-5-17(20)14-25/h3-8,13,26H,9-12,14H2,1-2H3,(H,23,24). The number of sulfone groups is 1. The lowest BCUT2D eigenvalue weighted by atomic mass is 10.1. The van der Waals surface area contributed by atoms with Crippen LogP contribution in [0.5, 0.6) is 0 Å². The van der Waals surface area contributed by atoms with E-state index >= 15 is 0 Å². The molecule has 0 aliphatic carbocycles. The molecular weight excluding hydrogens is 386 g/mol. The normalized spacial score (nSPS) is 15.8. The van der Waals surface area contributed by atoms with Crippen molar-refractivity contribution in [3.63, 3.8) is 0 Å². The van der Waals surface area contributed by atoms with Gasteiger partial charge in [0.25, 0.3) is 0 Å². The van der Waals surface area contributed by atoms with Crippen LogP contribution in [0.3, 0.4) is 0 Å². The lowest BCUT2D eigenvalue weighted by molar-refractivity contribution is 0.311. The fourth-order valence-electron chi connectivity index (χ4n) is 3.92. The van der Waals surface area contributed by atoms with Gasteiger partial charge in [-0.15, -0.1) is 0 Å². The molecule has 2 aromatic carbocycles. The zero-order valence-electron chi connectivity index (χ0n) is 16.6. The first-order valence-electron chi connectivity index (χ1n) is 9.72. The molecule has 1 aromatic heterocycles. The minimum absolute atomic E-state index is 0.0275. The van der Waals surface area contributed by atoms with Gasteiger partial charge in [-0.05, 0) is 37.6 Å². The first-order valence-corrected chi connectivity index (χ1v) is 11.4. The quantitative estimate of drug-likeness (QED) is 0.687. The smallest absolute Gasteiger partial charge is 0.180 e. The Labute approximate surface area is 171 Å². The number of benzene rings is 2. The Morgan fingerprint density at radius 3 is 2.76 bits per heavy atom. The van der Waals surface area contributed by atoms with E-state index in [0.29, 0.717) is 24.5 Å². The maximum Gasteiger partial charge on any atom is 0.180 e. The lowest BCUT2D eigenvalue weighted by Crippen LogP contribution is -2.27. The predicted octanol–water partition coefficient (Wildman–Crippen LogP) is 3.05. The van der Waals surface area contributed by atoms with Gasteiger partial charge < -0.3 is 15.3 Å². The van der Waals surface area contributed by atoms with Crippen LogP contribution in [-0.4, -0.2) is 44.0 Å². The molecule has 0 atom stereocenters. The van der Waals surface area contributed by atoms with Gasteiger partial charge in [0.05, 0.1) is 28.5 Å². The van der Waals surface area contributed by atoms with E-state index in [0.717, 1.165) is 39.1 Å². The van der Waals surface area contributed by atoms with E-state index in [2.05, 4.69) is 11.4 Å². The van der Waals surface area contributed by atoms with Crippen LogP contribution in [0.25, 0.3) is 10.9 Å². The van der Waals surface area contributed by atoms with E-state index in [-0.39, 0.29) is 12.4 Å². The fourth-order valence-corrected chi connectivity index (χ4v) is 5.42. The van der Waals surface area contributed by atoms with Gasteiger partial charge in [0, 0.05) is 30.6 Å². The Kier molecular flexibility index (Phi) is 5.19. The monoisotopic (exact) mass is 411 g/mol. The first kappa shape index (κ1) is 19.7. The summed E-state index contributed by atoms with van der Waals surface area (Å²) in [5.74, 6) is 0.824. The van der Waals surface area contributed by atoms with Crippen molar-refractivity contribution in [2.75, 3.05) is 35.7 Å². The number of hydrogen-bond acceptors (Lipinski definition) is 6. The van der Waals surface area contributed by atoms with Crippen molar-refractivity contribution in [1.29, 1.82) is 0 Å². The van der Waals surface area contributed by atoms with Gasteiger partial charge in [0.2, 0.25) is 0 Å². The third-order valence-electron chi connectivity index (χ3n) is 5.37. The molecule has 0 spiro atoms. The van der Waals surface area contributed by atoms with Crippen LogP contribution in [0.2, 0.25) is 0 Å². The molecule has 0 radical (unpaired) electrons. The lowest BCUT2D eigenvalue weighted by Gasteiger charge is -2.26. The summed E-state index contributed by atoms with van der Waals surface area (Å²) in [5, 5.41) is 13.6. The molecule has 29 heavy (non-hydrogen) atoms. The van der Waals surface area contributed by atoms with E-state index in [9.17, 15) is 13.5 Å². The Hall–Kier alpha value is -2.64. The van der Waals surface area contributed by atoms with Gasteiger partial charge in [-0.2, -0.15) is 0 Å². The molecule has 2 heterocycles. The minimum atomic E-state index is -3.32.